The van der Waals surface area contributed by atoms with Crippen LogP contribution in [0.25, 0.3) is 6.08 Å². The van der Waals surface area contributed by atoms with E-state index in [1.807, 2.05) is 29.0 Å². The molecule has 0 radical (unpaired) electrons. The summed E-state index contributed by atoms with van der Waals surface area (Å²) in [4.78, 5) is 42.2. The average molecular weight is 414 g/mol. The van der Waals surface area contributed by atoms with Gasteiger partial charge in [0.15, 0.2) is 0 Å². The average Bonchev–Trinajstić information content (AvgIpc) is 3.33. The summed E-state index contributed by atoms with van der Waals surface area (Å²) in [6.45, 7) is 1.34. The predicted molar refractivity (Wildman–Crippen MR) is 110 cm³/mol. The number of nitrogens with zero attached hydrogens (tertiary/aromatic N) is 3. The number of benzene rings is 1. The molecule has 2 aromatic rings. The van der Waals surface area contributed by atoms with E-state index in [1.165, 1.54) is 0 Å². The number of methoxy groups -OCH3 is 1. The maximum Gasteiger partial charge on any atom is 0.293 e. The first-order chi connectivity index (χ1) is 14.1. The van der Waals surface area contributed by atoms with E-state index in [0.717, 1.165) is 35.2 Å². The SMILES string of the molecule is COc1ccccc1C=C1SC(=O)N(CCC(=O)NCCCn2ccnc2)C1=O. The van der Waals surface area contributed by atoms with Crippen molar-refractivity contribution in [3.63, 3.8) is 0 Å². The first-order valence-corrected chi connectivity index (χ1v) is 10.0. The molecule has 1 aliphatic heterocycles. The smallest absolute Gasteiger partial charge is 0.293 e. The summed E-state index contributed by atoms with van der Waals surface area (Å²) < 4.78 is 7.20. The summed E-state index contributed by atoms with van der Waals surface area (Å²) in [7, 11) is 1.55. The van der Waals surface area contributed by atoms with Gasteiger partial charge < -0.3 is 14.6 Å². The number of hydrogen-bond acceptors (Lipinski definition) is 6. The van der Waals surface area contributed by atoms with Gasteiger partial charge in [-0.3, -0.25) is 19.3 Å². The third-order valence-electron chi connectivity index (χ3n) is 4.34. The lowest BCUT2D eigenvalue weighted by atomic mass is 10.2. The largest absolute Gasteiger partial charge is 0.496 e. The minimum atomic E-state index is -0.390. The second-order valence-electron chi connectivity index (χ2n) is 6.33. The van der Waals surface area contributed by atoms with Crippen LogP contribution in [0.4, 0.5) is 4.79 Å². The molecule has 1 aromatic carbocycles. The van der Waals surface area contributed by atoms with Crippen LogP contribution in [0.5, 0.6) is 5.75 Å². The number of ether oxygens (including phenoxy) is 1. The van der Waals surface area contributed by atoms with E-state index in [9.17, 15) is 14.4 Å². The molecule has 0 spiro atoms. The molecule has 0 saturated carbocycles. The van der Waals surface area contributed by atoms with Crippen LogP contribution in [0.3, 0.4) is 0 Å². The van der Waals surface area contributed by atoms with Gasteiger partial charge in [0, 0.05) is 44.0 Å². The van der Waals surface area contributed by atoms with Gasteiger partial charge >= 0.3 is 0 Å². The van der Waals surface area contributed by atoms with Gasteiger partial charge in [-0.25, -0.2) is 4.98 Å². The number of imide groups is 1. The molecule has 8 nitrogen and oxygen atoms in total. The molecular formula is C20H22N4O4S. The highest BCUT2D eigenvalue weighted by Gasteiger charge is 2.35. The second kappa shape index (κ2) is 9.92. The Labute approximate surface area is 172 Å². The van der Waals surface area contributed by atoms with E-state index < -0.39 is 0 Å². The standard InChI is InChI=1S/C20H22N4O4S/c1-28-16-6-3-2-5-15(16)13-17-19(26)24(20(27)29-17)11-7-18(25)22-8-4-10-23-12-9-21-14-23/h2-3,5-6,9,12-14H,4,7-8,10-11H2,1H3,(H,22,25). The highest BCUT2D eigenvalue weighted by molar-refractivity contribution is 8.18. The lowest BCUT2D eigenvalue weighted by molar-refractivity contribution is -0.124. The Morgan fingerprint density at radius 2 is 2.10 bits per heavy atom. The molecule has 0 unspecified atom stereocenters. The molecule has 1 fully saturated rings. The van der Waals surface area contributed by atoms with Crippen LogP contribution in [0, 0.1) is 0 Å². The zero-order valence-corrected chi connectivity index (χ0v) is 16.9. The van der Waals surface area contributed by atoms with E-state index in [1.54, 1.807) is 31.8 Å². The van der Waals surface area contributed by atoms with Gasteiger partial charge in [0.05, 0.1) is 18.3 Å². The zero-order chi connectivity index (χ0) is 20.6. The number of aryl methyl sites for hydroxylation is 1. The third kappa shape index (κ3) is 5.47. The quantitative estimate of drug-likeness (QED) is 0.501. The predicted octanol–water partition coefficient (Wildman–Crippen LogP) is 2.52. The van der Waals surface area contributed by atoms with Crippen molar-refractivity contribution in [3.8, 4) is 5.75 Å². The number of aromatic nitrogens is 2. The first kappa shape index (κ1) is 20.7. The van der Waals surface area contributed by atoms with Crippen molar-refractivity contribution in [3.05, 3.63) is 53.5 Å². The number of carbonyl (C=O) groups excluding carboxylic acids is 3. The summed E-state index contributed by atoms with van der Waals surface area (Å²) in [5.41, 5.74) is 0.719. The molecule has 0 atom stereocenters. The topological polar surface area (TPSA) is 93.5 Å². The number of hydrogen-bond donors (Lipinski definition) is 1. The summed E-state index contributed by atoms with van der Waals surface area (Å²) in [6.07, 6.45) is 7.77. The van der Waals surface area contributed by atoms with Crippen LogP contribution in [0.15, 0.2) is 47.9 Å². The fourth-order valence-electron chi connectivity index (χ4n) is 2.83. The van der Waals surface area contributed by atoms with Gasteiger partial charge in [-0.2, -0.15) is 0 Å². The minimum Gasteiger partial charge on any atom is -0.496 e. The van der Waals surface area contributed by atoms with Crippen LogP contribution in [0.1, 0.15) is 18.4 Å². The van der Waals surface area contributed by atoms with Gasteiger partial charge in [-0.05, 0) is 30.3 Å². The van der Waals surface area contributed by atoms with Crippen LogP contribution in [-0.4, -0.2) is 51.7 Å². The second-order valence-corrected chi connectivity index (χ2v) is 7.32. The minimum absolute atomic E-state index is 0.0568. The Hall–Kier alpha value is -3.07. The third-order valence-corrected chi connectivity index (χ3v) is 5.24. The number of para-hydroxylation sites is 1. The molecule has 1 N–H and O–H groups in total. The van der Waals surface area contributed by atoms with E-state index in [0.29, 0.717) is 17.2 Å². The van der Waals surface area contributed by atoms with Crippen LogP contribution in [0.2, 0.25) is 0 Å². The fraction of sp³-hybridized carbons (Fsp3) is 0.300. The Bertz CT molecular complexity index is 911. The normalized spacial score (nSPS) is 15.2. The fourth-order valence-corrected chi connectivity index (χ4v) is 3.69. The van der Waals surface area contributed by atoms with Crippen LogP contribution < -0.4 is 10.1 Å². The van der Waals surface area contributed by atoms with Gasteiger partial charge in [-0.15, -0.1) is 0 Å². The van der Waals surface area contributed by atoms with Crippen molar-refractivity contribution in [1.82, 2.24) is 19.8 Å². The van der Waals surface area contributed by atoms with E-state index >= 15 is 0 Å². The highest BCUT2D eigenvalue weighted by atomic mass is 32.2. The van der Waals surface area contributed by atoms with Crippen molar-refractivity contribution < 1.29 is 19.1 Å². The molecule has 1 saturated heterocycles. The molecule has 1 aliphatic rings. The molecule has 152 valence electrons. The number of thioether (sulfide) groups is 1. The van der Waals surface area contributed by atoms with E-state index in [-0.39, 0.29) is 30.0 Å². The Kier molecular flexibility index (Phi) is 7.07. The maximum atomic E-state index is 12.6. The molecule has 0 bridgehead atoms. The lowest BCUT2D eigenvalue weighted by Crippen LogP contribution is -2.34. The first-order valence-electron chi connectivity index (χ1n) is 9.19. The molecular weight excluding hydrogens is 392 g/mol. The molecule has 9 heteroatoms. The number of carbonyl (C=O) groups is 3. The number of amides is 3. The summed E-state index contributed by atoms with van der Waals surface area (Å²) >= 11 is 0.870. The van der Waals surface area contributed by atoms with Gasteiger partial charge in [-0.1, -0.05) is 18.2 Å². The lowest BCUT2D eigenvalue weighted by Gasteiger charge is -2.12. The Morgan fingerprint density at radius 1 is 1.28 bits per heavy atom. The van der Waals surface area contributed by atoms with Crippen LogP contribution in [-0.2, 0) is 16.1 Å². The summed E-state index contributed by atoms with van der Waals surface area (Å²) in [5.74, 6) is 0.0385. The maximum absolute atomic E-state index is 12.6. The molecule has 0 aliphatic carbocycles. The molecule has 3 amide bonds. The highest BCUT2D eigenvalue weighted by Crippen LogP contribution is 2.33. The zero-order valence-electron chi connectivity index (χ0n) is 16.0. The number of imidazole rings is 1. The van der Waals surface area contributed by atoms with Crippen molar-refractivity contribution in [1.29, 1.82) is 0 Å². The molecule has 2 heterocycles. The van der Waals surface area contributed by atoms with Crippen LogP contribution >= 0.6 is 11.8 Å². The number of rotatable bonds is 9. The Morgan fingerprint density at radius 3 is 2.86 bits per heavy atom. The Balaban J connectivity index is 1.48. The summed E-state index contributed by atoms with van der Waals surface area (Å²) in [5, 5.41) is 2.43. The van der Waals surface area contributed by atoms with Crippen molar-refractivity contribution in [2.24, 2.45) is 0 Å². The van der Waals surface area contributed by atoms with Crippen molar-refractivity contribution in [2.75, 3.05) is 20.2 Å². The number of nitrogens with one attached hydrogen (secondary N) is 1. The van der Waals surface area contributed by atoms with Crippen molar-refractivity contribution >= 4 is 34.9 Å². The van der Waals surface area contributed by atoms with Gasteiger partial charge in [0.25, 0.3) is 11.1 Å². The molecule has 3 rings (SSSR count). The monoisotopic (exact) mass is 414 g/mol. The van der Waals surface area contributed by atoms with Gasteiger partial charge in [0.1, 0.15) is 5.75 Å². The van der Waals surface area contributed by atoms with E-state index in [2.05, 4.69) is 10.3 Å². The molecule has 29 heavy (non-hydrogen) atoms. The molecule has 1 aromatic heterocycles. The van der Waals surface area contributed by atoms with Gasteiger partial charge in [0.2, 0.25) is 5.91 Å². The van der Waals surface area contributed by atoms with E-state index in [4.69, 9.17) is 4.74 Å². The van der Waals surface area contributed by atoms with Crippen molar-refractivity contribution in [2.45, 2.75) is 19.4 Å². The summed E-state index contributed by atoms with van der Waals surface area (Å²) in [6, 6.07) is 7.25.